The van der Waals surface area contributed by atoms with Crippen molar-refractivity contribution in [2.75, 3.05) is 0 Å². The molecule has 117 valence electrons. The van der Waals surface area contributed by atoms with E-state index >= 15 is 0 Å². The smallest absolute Gasteiger partial charge is 0.283 e. The second-order valence-electron chi connectivity index (χ2n) is 5.56. The Labute approximate surface area is 144 Å². The van der Waals surface area contributed by atoms with Crippen molar-refractivity contribution in [3.05, 3.63) is 96.1 Å². The van der Waals surface area contributed by atoms with Crippen molar-refractivity contribution in [3.8, 4) is 6.07 Å². The van der Waals surface area contributed by atoms with Gasteiger partial charge in [-0.15, -0.1) is 0 Å². The predicted octanol–water partition coefficient (Wildman–Crippen LogP) is 3.44. The van der Waals surface area contributed by atoms with E-state index in [0.717, 1.165) is 5.56 Å². The van der Waals surface area contributed by atoms with E-state index in [1.807, 2.05) is 36.4 Å². The fourth-order valence-corrected chi connectivity index (χ4v) is 4.64. The first kappa shape index (κ1) is 16.2. The molecule has 2 nitrogen and oxygen atoms in total. The first-order valence-corrected chi connectivity index (χ1v) is 9.33. The molecule has 1 atom stereocenters. The zero-order chi connectivity index (χ0) is 16.8. The van der Waals surface area contributed by atoms with Crippen LogP contribution in [-0.4, -0.2) is 9.04 Å². The van der Waals surface area contributed by atoms with E-state index in [1.54, 1.807) is 0 Å². The fraction of sp³-hybridized carbons (Fsp3) is 0.0952. The lowest BCUT2D eigenvalue weighted by atomic mass is 10.1. The van der Waals surface area contributed by atoms with Gasteiger partial charge in [-0.25, -0.2) is 0 Å². The minimum atomic E-state index is -1.33. The summed E-state index contributed by atoms with van der Waals surface area (Å²) in [7, 11) is -1.33. The summed E-state index contributed by atoms with van der Waals surface area (Å²) in [5.41, 5.74) is 1.76. The van der Waals surface area contributed by atoms with Gasteiger partial charge in [-0.05, 0) is 35.0 Å². The third-order valence-electron chi connectivity index (χ3n) is 3.88. The van der Waals surface area contributed by atoms with Crippen molar-refractivity contribution in [2.24, 2.45) is 0 Å². The second kappa shape index (κ2) is 7.74. The molecule has 3 heteroatoms. The third-order valence-corrected chi connectivity index (χ3v) is 6.18. The van der Waals surface area contributed by atoms with Crippen molar-refractivity contribution in [1.29, 1.82) is 5.26 Å². The zero-order valence-electron chi connectivity index (χ0n) is 13.5. The molecule has 0 aliphatic rings. The Bertz CT molecular complexity index is 770. The van der Waals surface area contributed by atoms with Crippen LogP contribution < -0.4 is 10.4 Å². The van der Waals surface area contributed by atoms with Gasteiger partial charge in [0.15, 0.2) is 0 Å². The molecule has 3 aromatic rings. The SMILES string of the molecule is CC(O[Si](c1ccccc1)c1ccccc1)c1ccc(C#N)cc1. The van der Waals surface area contributed by atoms with Crippen LogP contribution in [0.25, 0.3) is 0 Å². The van der Waals surface area contributed by atoms with Gasteiger partial charge in [-0.3, -0.25) is 0 Å². The monoisotopic (exact) mass is 328 g/mol. The summed E-state index contributed by atoms with van der Waals surface area (Å²) in [5, 5.41) is 11.4. The molecule has 0 bridgehead atoms. The molecule has 24 heavy (non-hydrogen) atoms. The Balaban J connectivity index is 1.87. The summed E-state index contributed by atoms with van der Waals surface area (Å²) >= 11 is 0. The highest BCUT2D eigenvalue weighted by molar-refractivity contribution is 6.80. The first-order valence-electron chi connectivity index (χ1n) is 7.92. The fourth-order valence-electron chi connectivity index (χ4n) is 2.56. The second-order valence-corrected chi connectivity index (χ2v) is 7.60. The molecule has 0 fully saturated rings. The lowest BCUT2D eigenvalue weighted by Crippen LogP contribution is -2.45. The number of nitrogens with zero attached hydrogens (tertiary/aromatic N) is 1. The number of rotatable bonds is 5. The van der Waals surface area contributed by atoms with Crippen LogP contribution in [0, 0.1) is 11.3 Å². The average Bonchev–Trinajstić information content (AvgIpc) is 2.67. The Hall–Kier alpha value is -2.67. The van der Waals surface area contributed by atoms with E-state index in [0.29, 0.717) is 5.56 Å². The van der Waals surface area contributed by atoms with E-state index in [1.165, 1.54) is 10.4 Å². The molecule has 3 rings (SSSR count). The maximum absolute atomic E-state index is 8.93. The van der Waals surface area contributed by atoms with Gasteiger partial charge in [0.2, 0.25) is 0 Å². The van der Waals surface area contributed by atoms with Gasteiger partial charge in [0, 0.05) is 0 Å². The van der Waals surface area contributed by atoms with Gasteiger partial charge in [0.05, 0.1) is 17.7 Å². The maximum Gasteiger partial charge on any atom is 0.283 e. The molecule has 0 saturated carbocycles. The molecule has 0 aromatic heterocycles. The van der Waals surface area contributed by atoms with E-state index in [-0.39, 0.29) is 6.10 Å². The van der Waals surface area contributed by atoms with Gasteiger partial charge in [-0.1, -0.05) is 72.8 Å². The molecule has 1 radical (unpaired) electrons. The van der Waals surface area contributed by atoms with Crippen LogP contribution in [0.5, 0.6) is 0 Å². The maximum atomic E-state index is 8.93. The normalized spacial score (nSPS) is 11.9. The molecule has 1 unspecified atom stereocenters. The van der Waals surface area contributed by atoms with E-state index in [4.69, 9.17) is 9.69 Å². The molecule has 0 heterocycles. The van der Waals surface area contributed by atoms with Crippen LogP contribution in [0.2, 0.25) is 0 Å². The average molecular weight is 328 g/mol. The summed E-state index contributed by atoms with van der Waals surface area (Å²) in [6.45, 7) is 2.07. The minimum Gasteiger partial charge on any atom is -0.400 e. The van der Waals surface area contributed by atoms with Gasteiger partial charge >= 0.3 is 0 Å². The molecular weight excluding hydrogens is 310 g/mol. The van der Waals surface area contributed by atoms with E-state index in [2.05, 4.69) is 61.5 Å². The van der Waals surface area contributed by atoms with E-state index < -0.39 is 9.04 Å². The summed E-state index contributed by atoms with van der Waals surface area (Å²) in [4.78, 5) is 0. The molecule has 0 aliphatic heterocycles. The van der Waals surface area contributed by atoms with Crippen LogP contribution in [0.4, 0.5) is 0 Å². The van der Waals surface area contributed by atoms with E-state index in [9.17, 15) is 0 Å². The summed E-state index contributed by atoms with van der Waals surface area (Å²) in [6, 6.07) is 30.6. The van der Waals surface area contributed by atoms with Crippen molar-refractivity contribution in [1.82, 2.24) is 0 Å². The van der Waals surface area contributed by atoms with Gasteiger partial charge in [0.25, 0.3) is 9.04 Å². The molecule has 0 spiro atoms. The Morgan fingerprint density at radius 3 is 1.75 bits per heavy atom. The van der Waals surface area contributed by atoms with Crippen molar-refractivity contribution in [2.45, 2.75) is 13.0 Å². The molecular formula is C21H18NOSi. The quantitative estimate of drug-likeness (QED) is 0.672. The predicted molar refractivity (Wildman–Crippen MR) is 98.6 cm³/mol. The Kier molecular flexibility index (Phi) is 5.22. The van der Waals surface area contributed by atoms with Gasteiger partial charge in [-0.2, -0.15) is 5.26 Å². The topological polar surface area (TPSA) is 33.0 Å². The molecule has 0 N–H and O–H groups in total. The van der Waals surface area contributed by atoms with Gasteiger partial charge in [0.1, 0.15) is 0 Å². The zero-order valence-corrected chi connectivity index (χ0v) is 14.5. The largest absolute Gasteiger partial charge is 0.400 e. The summed E-state index contributed by atoms with van der Waals surface area (Å²) in [6.07, 6.45) is -0.0351. The lowest BCUT2D eigenvalue weighted by molar-refractivity contribution is 0.237. The van der Waals surface area contributed by atoms with Crippen LogP contribution in [0.1, 0.15) is 24.2 Å². The van der Waals surface area contributed by atoms with Gasteiger partial charge < -0.3 is 4.43 Å². The highest BCUT2D eigenvalue weighted by Gasteiger charge is 2.22. The number of nitriles is 1. The van der Waals surface area contributed by atoms with Crippen molar-refractivity contribution >= 4 is 19.4 Å². The summed E-state index contributed by atoms with van der Waals surface area (Å²) in [5.74, 6) is 0. The molecule has 3 aromatic carbocycles. The Morgan fingerprint density at radius 1 is 0.792 bits per heavy atom. The summed E-state index contributed by atoms with van der Waals surface area (Å²) < 4.78 is 6.50. The van der Waals surface area contributed by atoms with Crippen LogP contribution >= 0.6 is 0 Å². The van der Waals surface area contributed by atoms with Crippen LogP contribution in [0.3, 0.4) is 0 Å². The van der Waals surface area contributed by atoms with Crippen LogP contribution in [-0.2, 0) is 4.43 Å². The molecule has 0 amide bonds. The minimum absolute atomic E-state index is 0.0351. The van der Waals surface area contributed by atoms with Crippen molar-refractivity contribution < 1.29 is 4.43 Å². The highest BCUT2D eigenvalue weighted by Crippen LogP contribution is 2.18. The van der Waals surface area contributed by atoms with Crippen LogP contribution in [0.15, 0.2) is 84.9 Å². The lowest BCUT2D eigenvalue weighted by Gasteiger charge is -2.22. The molecule has 0 saturated heterocycles. The Morgan fingerprint density at radius 2 is 1.29 bits per heavy atom. The number of hydrogen-bond acceptors (Lipinski definition) is 2. The standard InChI is InChI=1S/C21H18NOSi/c1-17(19-14-12-18(16-22)13-15-19)23-24(20-8-4-2-5-9-20)21-10-6-3-7-11-21/h2-15,17H,1H3. The van der Waals surface area contributed by atoms with Crippen molar-refractivity contribution in [3.63, 3.8) is 0 Å². The number of hydrogen-bond donors (Lipinski definition) is 0. The highest BCUT2D eigenvalue weighted by atomic mass is 28.3. The first-order chi connectivity index (χ1) is 11.8. The number of benzene rings is 3. The third kappa shape index (κ3) is 3.80. The molecule has 0 aliphatic carbocycles.